The van der Waals surface area contributed by atoms with E-state index >= 15 is 0 Å². The summed E-state index contributed by atoms with van der Waals surface area (Å²) in [4.78, 5) is 0. The third kappa shape index (κ3) is 3.33. The molecule has 0 radical (unpaired) electrons. The van der Waals surface area contributed by atoms with E-state index in [1.165, 1.54) is 0 Å². The molecule has 0 bridgehead atoms. The monoisotopic (exact) mass is 206 g/mol. The molecule has 0 N–H and O–H groups in total. The van der Waals surface area contributed by atoms with Crippen molar-refractivity contribution in [1.29, 1.82) is 0 Å². The lowest BCUT2D eigenvalue weighted by atomic mass is 10.3. The molecule has 0 aliphatic heterocycles. The van der Waals surface area contributed by atoms with E-state index in [1.807, 2.05) is 13.8 Å². The van der Waals surface area contributed by atoms with Gasteiger partial charge in [0, 0.05) is 6.07 Å². The highest BCUT2D eigenvalue weighted by molar-refractivity contribution is 6.42. The van der Waals surface area contributed by atoms with Gasteiger partial charge in [0.2, 0.25) is 0 Å². The predicted molar refractivity (Wildman–Crippen MR) is 54.4 cm³/mol. The minimum absolute atomic E-state index is 0.515. The van der Waals surface area contributed by atoms with Crippen LogP contribution in [-0.4, -0.2) is 7.11 Å². The Bertz CT molecular complexity index is 236. The predicted octanol–water partition coefficient (Wildman–Crippen LogP) is 4.03. The molecule has 1 aromatic rings. The van der Waals surface area contributed by atoms with Crippen molar-refractivity contribution in [1.82, 2.24) is 0 Å². The average molecular weight is 207 g/mol. The standard InChI is InChI=1S/C7H6Cl2O.C2H6/c1-10-5-2-3-6(8)7(9)4-5;1-2/h2-4H,1H3;1-2H3. The van der Waals surface area contributed by atoms with Crippen LogP contribution >= 0.6 is 23.2 Å². The van der Waals surface area contributed by atoms with Crippen molar-refractivity contribution in [3.8, 4) is 5.75 Å². The topological polar surface area (TPSA) is 9.23 Å². The van der Waals surface area contributed by atoms with Crippen molar-refractivity contribution < 1.29 is 4.74 Å². The first-order chi connectivity index (χ1) is 5.74. The van der Waals surface area contributed by atoms with E-state index in [0.29, 0.717) is 10.0 Å². The Hall–Kier alpha value is -0.400. The first-order valence-electron chi connectivity index (χ1n) is 3.73. The molecule has 1 nitrogen and oxygen atoms in total. The lowest BCUT2D eigenvalue weighted by molar-refractivity contribution is 0.415. The SMILES string of the molecule is CC.COc1ccc(Cl)c(Cl)c1. The number of ether oxygens (including phenoxy) is 1. The van der Waals surface area contributed by atoms with Crippen molar-refractivity contribution in [2.75, 3.05) is 7.11 Å². The van der Waals surface area contributed by atoms with Crippen LogP contribution in [0.2, 0.25) is 10.0 Å². The minimum Gasteiger partial charge on any atom is -0.497 e. The van der Waals surface area contributed by atoms with Crippen molar-refractivity contribution in [3.63, 3.8) is 0 Å². The zero-order valence-electron chi connectivity index (χ0n) is 7.40. The van der Waals surface area contributed by atoms with Gasteiger partial charge in [-0.25, -0.2) is 0 Å². The van der Waals surface area contributed by atoms with Crippen LogP contribution in [0, 0.1) is 0 Å². The fraction of sp³-hybridized carbons (Fsp3) is 0.333. The van der Waals surface area contributed by atoms with E-state index in [1.54, 1.807) is 25.3 Å². The molecular formula is C9H12Cl2O. The zero-order valence-corrected chi connectivity index (χ0v) is 8.91. The van der Waals surface area contributed by atoms with Gasteiger partial charge < -0.3 is 4.74 Å². The van der Waals surface area contributed by atoms with Gasteiger partial charge in [0.1, 0.15) is 5.75 Å². The van der Waals surface area contributed by atoms with Crippen LogP contribution in [0.25, 0.3) is 0 Å². The maximum Gasteiger partial charge on any atom is 0.120 e. The second kappa shape index (κ2) is 6.15. The fourth-order valence-corrected chi connectivity index (χ4v) is 0.892. The van der Waals surface area contributed by atoms with Gasteiger partial charge in [-0.2, -0.15) is 0 Å². The summed E-state index contributed by atoms with van der Waals surface area (Å²) in [6.45, 7) is 4.00. The molecule has 0 aromatic heterocycles. The minimum atomic E-state index is 0.515. The van der Waals surface area contributed by atoms with Gasteiger partial charge in [0.25, 0.3) is 0 Å². The average Bonchev–Trinajstić information content (AvgIpc) is 2.13. The maximum absolute atomic E-state index is 5.68. The number of benzene rings is 1. The Labute approximate surface area is 83.3 Å². The van der Waals surface area contributed by atoms with E-state index in [2.05, 4.69) is 0 Å². The van der Waals surface area contributed by atoms with E-state index < -0.39 is 0 Å². The summed E-state index contributed by atoms with van der Waals surface area (Å²) in [7, 11) is 1.58. The molecule has 1 aromatic carbocycles. The van der Waals surface area contributed by atoms with Gasteiger partial charge in [-0.05, 0) is 12.1 Å². The van der Waals surface area contributed by atoms with E-state index in [-0.39, 0.29) is 0 Å². The van der Waals surface area contributed by atoms with Crippen LogP contribution in [0.15, 0.2) is 18.2 Å². The Morgan fingerprint density at radius 3 is 2.08 bits per heavy atom. The fourth-order valence-electron chi connectivity index (χ4n) is 0.604. The summed E-state index contributed by atoms with van der Waals surface area (Å²) in [5.41, 5.74) is 0. The largest absolute Gasteiger partial charge is 0.497 e. The van der Waals surface area contributed by atoms with Gasteiger partial charge in [0.15, 0.2) is 0 Å². The molecule has 68 valence electrons. The Balaban J connectivity index is 0.000000561. The number of hydrogen-bond acceptors (Lipinski definition) is 1. The van der Waals surface area contributed by atoms with Gasteiger partial charge in [-0.1, -0.05) is 37.0 Å². The van der Waals surface area contributed by atoms with E-state index in [0.717, 1.165) is 5.75 Å². The Morgan fingerprint density at radius 2 is 1.67 bits per heavy atom. The lowest BCUT2D eigenvalue weighted by Crippen LogP contribution is -1.80. The first-order valence-corrected chi connectivity index (χ1v) is 4.48. The molecule has 12 heavy (non-hydrogen) atoms. The zero-order chi connectivity index (χ0) is 9.56. The molecule has 3 heteroatoms. The van der Waals surface area contributed by atoms with Gasteiger partial charge in [-0.15, -0.1) is 0 Å². The molecule has 1 rings (SSSR count). The summed E-state index contributed by atoms with van der Waals surface area (Å²) in [5, 5.41) is 1.06. The van der Waals surface area contributed by atoms with Crippen molar-refractivity contribution in [2.24, 2.45) is 0 Å². The molecule has 0 saturated heterocycles. The van der Waals surface area contributed by atoms with Gasteiger partial charge in [0.05, 0.1) is 17.2 Å². The summed E-state index contributed by atoms with van der Waals surface area (Å²) >= 11 is 11.3. The highest BCUT2D eigenvalue weighted by atomic mass is 35.5. The van der Waals surface area contributed by atoms with Crippen molar-refractivity contribution >= 4 is 23.2 Å². The smallest absolute Gasteiger partial charge is 0.120 e. The summed E-state index contributed by atoms with van der Waals surface area (Å²) in [6, 6.07) is 5.13. The highest BCUT2D eigenvalue weighted by Gasteiger charge is 1.97. The molecule has 0 spiro atoms. The number of hydrogen-bond donors (Lipinski definition) is 0. The Morgan fingerprint density at radius 1 is 1.08 bits per heavy atom. The molecule has 0 aliphatic rings. The molecule has 0 fully saturated rings. The molecule has 0 unspecified atom stereocenters. The lowest BCUT2D eigenvalue weighted by Gasteiger charge is -1.99. The number of rotatable bonds is 1. The van der Waals surface area contributed by atoms with Gasteiger partial charge in [-0.3, -0.25) is 0 Å². The molecule has 0 aliphatic carbocycles. The quantitative estimate of drug-likeness (QED) is 0.675. The van der Waals surface area contributed by atoms with Crippen LogP contribution in [0.4, 0.5) is 0 Å². The Kier molecular flexibility index (Phi) is 5.95. The first kappa shape index (κ1) is 11.6. The van der Waals surface area contributed by atoms with Crippen LogP contribution < -0.4 is 4.74 Å². The van der Waals surface area contributed by atoms with Gasteiger partial charge >= 0.3 is 0 Å². The molecule has 0 amide bonds. The van der Waals surface area contributed by atoms with Crippen LogP contribution in [0.1, 0.15) is 13.8 Å². The van der Waals surface area contributed by atoms with E-state index in [4.69, 9.17) is 27.9 Å². The number of methoxy groups -OCH3 is 1. The highest BCUT2D eigenvalue weighted by Crippen LogP contribution is 2.25. The van der Waals surface area contributed by atoms with Crippen molar-refractivity contribution in [3.05, 3.63) is 28.2 Å². The normalized spacial score (nSPS) is 8.42. The molecule has 0 heterocycles. The summed E-state index contributed by atoms with van der Waals surface area (Å²) < 4.78 is 4.91. The summed E-state index contributed by atoms with van der Waals surface area (Å²) in [5.74, 6) is 0.717. The third-order valence-electron chi connectivity index (χ3n) is 1.13. The number of halogens is 2. The van der Waals surface area contributed by atoms with Crippen molar-refractivity contribution in [2.45, 2.75) is 13.8 Å². The molecule has 0 saturated carbocycles. The van der Waals surface area contributed by atoms with Crippen LogP contribution in [0.3, 0.4) is 0 Å². The van der Waals surface area contributed by atoms with Crippen LogP contribution in [0.5, 0.6) is 5.75 Å². The summed E-state index contributed by atoms with van der Waals surface area (Å²) in [6.07, 6.45) is 0. The third-order valence-corrected chi connectivity index (χ3v) is 1.87. The second-order valence-electron chi connectivity index (χ2n) is 1.78. The van der Waals surface area contributed by atoms with Crippen LogP contribution in [-0.2, 0) is 0 Å². The van der Waals surface area contributed by atoms with E-state index in [9.17, 15) is 0 Å². The molecule has 0 atom stereocenters. The maximum atomic E-state index is 5.68. The molecular weight excluding hydrogens is 195 g/mol. The second-order valence-corrected chi connectivity index (χ2v) is 2.59.